The van der Waals surface area contributed by atoms with Gasteiger partial charge in [0.2, 0.25) is 5.95 Å². The van der Waals surface area contributed by atoms with Crippen molar-refractivity contribution in [3.63, 3.8) is 0 Å². The number of furan rings is 1. The fourth-order valence-corrected chi connectivity index (χ4v) is 11.0. The lowest BCUT2D eigenvalue weighted by molar-refractivity contribution is 0.669. The molecule has 14 aromatic rings. The maximum Gasteiger partial charge on any atom is 0.238 e. The lowest BCUT2D eigenvalue weighted by Gasteiger charge is -2.17. The molecular formula is C55H31N5OS. The summed E-state index contributed by atoms with van der Waals surface area (Å²) in [6.07, 6.45) is 0. The molecule has 0 unspecified atom stereocenters. The Labute approximate surface area is 357 Å². The van der Waals surface area contributed by atoms with Crippen molar-refractivity contribution in [3.8, 4) is 34.4 Å². The monoisotopic (exact) mass is 809 g/mol. The molecule has 288 valence electrons. The maximum atomic E-state index is 6.44. The molecule has 0 fully saturated rings. The summed E-state index contributed by atoms with van der Waals surface area (Å²) in [5.41, 5.74) is 8.72. The molecule has 0 saturated carbocycles. The number of hydrogen-bond acceptors (Lipinski definition) is 5. The Morgan fingerprint density at radius 3 is 1.76 bits per heavy atom. The van der Waals surface area contributed by atoms with Gasteiger partial charge in [0, 0.05) is 58.1 Å². The zero-order chi connectivity index (χ0) is 40.5. The summed E-state index contributed by atoms with van der Waals surface area (Å²) in [7, 11) is 0. The van der Waals surface area contributed by atoms with Crippen LogP contribution in [0.4, 0.5) is 0 Å². The Bertz CT molecular complexity index is 4130. The summed E-state index contributed by atoms with van der Waals surface area (Å²) in [6, 6.07) is 66.6. The van der Waals surface area contributed by atoms with Crippen LogP contribution in [-0.4, -0.2) is 24.1 Å². The van der Waals surface area contributed by atoms with E-state index in [9.17, 15) is 0 Å². The van der Waals surface area contributed by atoms with Crippen LogP contribution in [0.3, 0.4) is 0 Å². The van der Waals surface area contributed by atoms with E-state index in [-0.39, 0.29) is 0 Å². The van der Waals surface area contributed by atoms with E-state index in [0.29, 0.717) is 17.6 Å². The van der Waals surface area contributed by atoms with E-state index in [2.05, 4.69) is 173 Å². The number of thiophene rings is 1. The second-order valence-electron chi connectivity index (χ2n) is 15.9. The normalized spacial score (nSPS) is 12.2. The van der Waals surface area contributed by atoms with E-state index in [1.807, 2.05) is 24.3 Å². The smallest absolute Gasteiger partial charge is 0.238 e. The molecule has 0 aliphatic heterocycles. The van der Waals surface area contributed by atoms with E-state index in [4.69, 9.17) is 19.4 Å². The van der Waals surface area contributed by atoms with Gasteiger partial charge in [0.25, 0.3) is 0 Å². The van der Waals surface area contributed by atoms with Gasteiger partial charge in [0.05, 0.1) is 33.3 Å². The molecule has 62 heavy (non-hydrogen) atoms. The Kier molecular flexibility index (Phi) is 6.89. The molecule has 7 heteroatoms. The molecule has 9 aromatic carbocycles. The molecule has 0 bridgehead atoms. The largest absolute Gasteiger partial charge is 0.456 e. The van der Waals surface area contributed by atoms with Crippen LogP contribution in [0.15, 0.2) is 192 Å². The van der Waals surface area contributed by atoms with Crippen molar-refractivity contribution in [2.75, 3.05) is 0 Å². The van der Waals surface area contributed by atoms with Crippen molar-refractivity contribution in [1.82, 2.24) is 24.1 Å². The molecule has 0 N–H and O–H groups in total. The zero-order valence-electron chi connectivity index (χ0n) is 33.0. The van der Waals surface area contributed by atoms with Gasteiger partial charge in [-0.25, -0.2) is 4.98 Å². The second kappa shape index (κ2) is 12.7. The van der Waals surface area contributed by atoms with Crippen molar-refractivity contribution in [2.45, 2.75) is 0 Å². The Balaban J connectivity index is 1.17. The highest BCUT2D eigenvalue weighted by atomic mass is 32.1. The SMILES string of the molecule is c1ccc2cc3c(cc2c1)c1ccccc1n3-c1ccc2sc3ccccc3c2c1-c1nc(-c2cccc3oc4ccccc4c23)nc(-n2c3ccccc3c3ccccc32)n1. The number of rotatable bonds is 4. The van der Waals surface area contributed by atoms with Crippen LogP contribution < -0.4 is 0 Å². The molecule has 0 aliphatic rings. The van der Waals surface area contributed by atoms with Crippen LogP contribution in [0.5, 0.6) is 0 Å². The molecular weight excluding hydrogens is 779 g/mol. The summed E-state index contributed by atoms with van der Waals surface area (Å²) >= 11 is 1.80. The molecule has 0 saturated heterocycles. The Hall–Kier alpha value is -8.13. The van der Waals surface area contributed by atoms with Crippen LogP contribution >= 0.6 is 11.3 Å². The molecule has 0 spiro atoms. The van der Waals surface area contributed by atoms with Crippen molar-refractivity contribution < 1.29 is 4.42 Å². The van der Waals surface area contributed by atoms with Gasteiger partial charge in [-0.1, -0.05) is 127 Å². The molecule has 0 radical (unpaired) electrons. The molecule has 0 aliphatic carbocycles. The highest BCUT2D eigenvalue weighted by Crippen LogP contribution is 2.46. The molecule has 5 heterocycles. The zero-order valence-corrected chi connectivity index (χ0v) is 33.8. The second-order valence-corrected chi connectivity index (χ2v) is 17.0. The van der Waals surface area contributed by atoms with Gasteiger partial charge < -0.3 is 8.98 Å². The van der Waals surface area contributed by atoms with E-state index in [1.54, 1.807) is 11.3 Å². The van der Waals surface area contributed by atoms with E-state index in [1.165, 1.54) is 36.3 Å². The van der Waals surface area contributed by atoms with Gasteiger partial charge in [-0.2, -0.15) is 9.97 Å². The lowest BCUT2D eigenvalue weighted by atomic mass is 10.0. The average molecular weight is 810 g/mol. The summed E-state index contributed by atoms with van der Waals surface area (Å²) in [6.45, 7) is 0. The predicted octanol–water partition coefficient (Wildman–Crippen LogP) is 14.8. The van der Waals surface area contributed by atoms with Crippen molar-refractivity contribution in [3.05, 3.63) is 188 Å². The number of aromatic nitrogens is 5. The minimum Gasteiger partial charge on any atom is -0.456 e. The van der Waals surface area contributed by atoms with Crippen LogP contribution in [0.25, 0.3) is 131 Å². The van der Waals surface area contributed by atoms with Gasteiger partial charge in [-0.05, 0) is 71.4 Å². The van der Waals surface area contributed by atoms with E-state index in [0.717, 1.165) is 77.0 Å². The Morgan fingerprint density at radius 2 is 0.984 bits per heavy atom. The van der Waals surface area contributed by atoms with E-state index < -0.39 is 0 Å². The highest BCUT2D eigenvalue weighted by molar-refractivity contribution is 7.26. The lowest BCUT2D eigenvalue weighted by Crippen LogP contribution is -2.08. The highest BCUT2D eigenvalue weighted by Gasteiger charge is 2.26. The van der Waals surface area contributed by atoms with Gasteiger partial charge in [-0.15, -0.1) is 11.3 Å². The number of fused-ring (bicyclic) bond motifs is 13. The van der Waals surface area contributed by atoms with Crippen LogP contribution in [0.1, 0.15) is 0 Å². The van der Waals surface area contributed by atoms with Crippen LogP contribution in [0.2, 0.25) is 0 Å². The fraction of sp³-hybridized carbons (Fsp3) is 0. The third-order valence-corrected chi connectivity index (χ3v) is 13.7. The third-order valence-electron chi connectivity index (χ3n) is 12.6. The van der Waals surface area contributed by atoms with Gasteiger partial charge in [0.15, 0.2) is 11.6 Å². The van der Waals surface area contributed by atoms with Crippen LogP contribution in [-0.2, 0) is 0 Å². The quantitative estimate of drug-likeness (QED) is 0.178. The molecule has 6 nitrogen and oxygen atoms in total. The predicted molar refractivity (Wildman–Crippen MR) is 257 cm³/mol. The number of nitrogens with zero attached hydrogens (tertiary/aromatic N) is 5. The molecule has 0 atom stereocenters. The summed E-state index contributed by atoms with van der Waals surface area (Å²) in [4.78, 5) is 16.7. The van der Waals surface area contributed by atoms with Crippen LogP contribution in [0, 0.1) is 0 Å². The molecule has 14 rings (SSSR count). The van der Waals surface area contributed by atoms with Crippen molar-refractivity contribution in [1.29, 1.82) is 0 Å². The summed E-state index contributed by atoms with van der Waals surface area (Å²) in [5.74, 6) is 1.70. The minimum absolute atomic E-state index is 0.544. The average Bonchev–Trinajstić information content (AvgIpc) is 4.08. The first-order chi connectivity index (χ1) is 30.7. The van der Waals surface area contributed by atoms with Gasteiger partial charge >= 0.3 is 0 Å². The molecule has 0 amide bonds. The first-order valence-electron chi connectivity index (χ1n) is 20.8. The topological polar surface area (TPSA) is 61.7 Å². The number of para-hydroxylation sites is 4. The first-order valence-corrected chi connectivity index (χ1v) is 21.6. The first kappa shape index (κ1) is 33.7. The minimum atomic E-state index is 0.544. The standard InChI is InChI=1S/C55H31N5OS/c1-2-15-33-31-45-40(30-32(33)14-1)36-18-5-8-22-41(36)59(45)44-28-29-49-51(38-20-7-12-27-48(38)62-49)52(44)54-56-53(39-21-13-26-47-50(39)37-19-6-11-25-46(37)61-47)57-55(58-54)60-42-23-9-3-16-34(42)35-17-4-10-24-43(35)60/h1-31H. The van der Waals surface area contributed by atoms with Crippen molar-refractivity contribution >= 4 is 108 Å². The Morgan fingerprint density at radius 1 is 0.387 bits per heavy atom. The van der Waals surface area contributed by atoms with Gasteiger partial charge in [-0.3, -0.25) is 4.57 Å². The summed E-state index contributed by atoms with van der Waals surface area (Å²) < 4.78 is 13.4. The maximum absolute atomic E-state index is 6.44. The summed E-state index contributed by atoms with van der Waals surface area (Å²) in [5, 5.41) is 11.3. The molecule has 5 aromatic heterocycles. The van der Waals surface area contributed by atoms with E-state index >= 15 is 0 Å². The third kappa shape index (κ3) is 4.71. The van der Waals surface area contributed by atoms with Gasteiger partial charge in [0.1, 0.15) is 11.2 Å². The van der Waals surface area contributed by atoms with Crippen molar-refractivity contribution in [2.24, 2.45) is 0 Å². The number of hydrogen-bond donors (Lipinski definition) is 0. The number of benzene rings is 9. The fourth-order valence-electron chi connectivity index (χ4n) is 9.93.